The van der Waals surface area contributed by atoms with Gasteiger partial charge < -0.3 is 9.80 Å². The number of Topliss-reactive ketones (excluding diaryl/α,β-unsaturated/α-hetero) is 1. The molecule has 1 fully saturated rings. The quantitative estimate of drug-likeness (QED) is 0.750. The second kappa shape index (κ2) is 7.70. The molecule has 2 aliphatic heterocycles. The first-order chi connectivity index (χ1) is 14.2. The highest BCUT2D eigenvalue weighted by Crippen LogP contribution is 2.33. The number of rotatable bonds is 2. The minimum Gasteiger partial charge on any atom is -0.352 e. The van der Waals surface area contributed by atoms with Crippen molar-refractivity contribution in [3.63, 3.8) is 0 Å². The Hall–Kier alpha value is -2.97. The van der Waals surface area contributed by atoms with E-state index in [1.807, 2.05) is 4.90 Å². The number of carbonyl (C=O) groups is 2. The van der Waals surface area contributed by atoms with E-state index in [1.54, 1.807) is 11.8 Å². The van der Waals surface area contributed by atoms with Gasteiger partial charge in [0.05, 0.1) is 5.56 Å². The van der Waals surface area contributed by atoms with E-state index < -0.39 is 11.7 Å². The van der Waals surface area contributed by atoms with Crippen molar-refractivity contribution < 1.29 is 22.8 Å². The topological polar surface area (TPSA) is 66.4 Å². The molecule has 0 radical (unpaired) electrons. The number of amides is 1. The van der Waals surface area contributed by atoms with Gasteiger partial charge >= 0.3 is 6.18 Å². The Labute approximate surface area is 171 Å². The summed E-state index contributed by atoms with van der Waals surface area (Å²) < 4.78 is 39.3. The molecule has 0 bridgehead atoms. The molecule has 0 aliphatic carbocycles. The average Bonchev–Trinajstić information content (AvgIpc) is 2.72. The number of ketones is 1. The molecule has 2 aromatic rings. The zero-order valence-electron chi connectivity index (χ0n) is 16.5. The van der Waals surface area contributed by atoms with Crippen molar-refractivity contribution in [1.29, 1.82) is 0 Å². The van der Waals surface area contributed by atoms with Crippen LogP contribution in [0, 0.1) is 6.92 Å². The number of likely N-dealkylation sites (tertiary alicyclic amines) is 1. The molecule has 3 heterocycles. The van der Waals surface area contributed by atoms with Gasteiger partial charge in [0, 0.05) is 44.6 Å². The number of carbonyl (C=O) groups excluding carboxylic acids is 2. The molecular weight excluding hydrogens is 397 g/mol. The standard InChI is InChI=1S/C21H21F3N4O2/c1-13-18(20(30)27-8-5-17(29)6-9-27)25-12-26-19(13)28-7-4-14-2-3-16(21(22,23)24)10-15(14)11-28/h2-3,10,12H,4-9,11H2,1H3. The minimum absolute atomic E-state index is 0.143. The fraction of sp³-hybridized carbons (Fsp3) is 0.429. The Morgan fingerprint density at radius 2 is 1.77 bits per heavy atom. The van der Waals surface area contributed by atoms with Gasteiger partial charge in [-0.25, -0.2) is 9.97 Å². The molecule has 1 aromatic heterocycles. The number of alkyl halides is 3. The van der Waals surface area contributed by atoms with Gasteiger partial charge in [0.2, 0.25) is 0 Å². The summed E-state index contributed by atoms with van der Waals surface area (Å²) in [6, 6.07) is 3.84. The molecular formula is C21H21F3N4O2. The molecule has 0 saturated carbocycles. The number of nitrogens with zero attached hydrogens (tertiary/aromatic N) is 4. The summed E-state index contributed by atoms with van der Waals surface area (Å²) in [4.78, 5) is 36.3. The van der Waals surface area contributed by atoms with Crippen LogP contribution in [0.1, 0.15) is 45.6 Å². The van der Waals surface area contributed by atoms with Crippen LogP contribution in [-0.2, 0) is 23.9 Å². The SMILES string of the molecule is Cc1c(C(=O)N2CCC(=O)CC2)ncnc1N1CCc2ccc(C(F)(F)F)cc2C1. The number of fused-ring (bicyclic) bond motifs is 1. The van der Waals surface area contributed by atoms with Crippen molar-refractivity contribution in [2.75, 3.05) is 24.5 Å². The van der Waals surface area contributed by atoms with Gasteiger partial charge in [-0.1, -0.05) is 6.07 Å². The van der Waals surface area contributed by atoms with Crippen LogP contribution < -0.4 is 4.90 Å². The summed E-state index contributed by atoms with van der Waals surface area (Å²) in [7, 11) is 0. The fourth-order valence-corrected chi connectivity index (χ4v) is 4.00. The molecule has 4 rings (SSSR count). The molecule has 158 valence electrons. The van der Waals surface area contributed by atoms with Crippen molar-refractivity contribution >= 4 is 17.5 Å². The summed E-state index contributed by atoms with van der Waals surface area (Å²) >= 11 is 0. The lowest BCUT2D eigenvalue weighted by molar-refractivity contribution is -0.137. The van der Waals surface area contributed by atoms with E-state index in [-0.39, 0.29) is 23.9 Å². The first-order valence-electron chi connectivity index (χ1n) is 9.80. The Kier molecular flexibility index (Phi) is 5.21. The Morgan fingerprint density at radius 3 is 2.47 bits per heavy atom. The van der Waals surface area contributed by atoms with Crippen LogP contribution in [0.4, 0.5) is 19.0 Å². The van der Waals surface area contributed by atoms with Crippen molar-refractivity contribution in [2.24, 2.45) is 0 Å². The smallest absolute Gasteiger partial charge is 0.352 e. The summed E-state index contributed by atoms with van der Waals surface area (Å²) in [5.41, 5.74) is 1.69. The number of hydrogen-bond donors (Lipinski definition) is 0. The summed E-state index contributed by atoms with van der Waals surface area (Å²) in [6.07, 6.45) is -1.81. The third-order valence-electron chi connectivity index (χ3n) is 5.71. The number of aromatic nitrogens is 2. The van der Waals surface area contributed by atoms with Gasteiger partial charge in [-0.15, -0.1) is 0 Å². The predicted molar refractivity (Wildman–Crippen MR) is 103 cm³/mol. The maximum absolute atomic E-state index is 13.1. The highest BCUT2D eigenvalue weighted by Gasteiger charge is 2.32. The molecule has 2 aliphatic rings. The van der Waals surface area contributed by atoms with E-state index in [0.717, 1.165) is 11.6 Å². The Balaban J connectivity index is 1.59. The Morgan fingerprint density at radius 1 is 1.03 bits per heavy atom. The predicted octanol–water partition coefficient (Wildman–Crippen LogP) is 3.17. The van der Waals surface area contributed by atoms with Crippen molar-refractivity contribution in [2.45, 2.75) is 38.9 Å². The van der Waals surface area contributed by atoms with Crippen molar-refractivity contribution in [3.05, 3.63) is 52.5 Å². The molecule has 1 amide bonds. The highest BCUT2D eigenvalue weighted by molar-refractivity contribution is 5.96. The normalized spacial score (nSPS) is 17.1. The number of anilines is 1. The third-order valence-corrected chi connectivity index (χ3v) is 5.71. The van der Waals surface area contributed by atoms with Gasteiger partial charge in [-0.3, -0.25) is 9.59 Å². The maximum atomic E-state index is 13.1. The molecule has 6 nitrogen and oxygen atoms in total. The highest BCUT2D eigenvalue weighted by atomic mass is 19.4. The third kappa shape index (κ3) is 3.88. The van der Waals surface area contributed by atoms with Gasteiger partial charge in [0.1, 0.15) is 23.6 Å². The van der Waals surface area contributed by atoms with Crippen molar-refractivity contribution in [1.82, 2.24) is 14.9 Å². The van der Waals surface area contributed by atoms with Gasteiger partial charge in [0.15, 0.2) is 0 Å². The zero-order chi connectivity index (χ0) is 21.5. The summed E-state index contributed by atoms with van der Waals surface area (Å²) in [5.74, 6) is 0.439. The van der Waals surface area contributed by atoms with Crippen LogP contribution >= 0.6 is 0 Å². The maximum Gasteiger partial charge on any atom is 0.416 e. The van der Waals surface area contributed by atoms with Crippen LogP contribution in [0.3, 0.4) is 0 Å². The van der Waals surface area contributed by atoms with Crippen LogP contribution in [0.2, 0.25) is 0 Å². The second-order valence-corrected chi connectivity index (χ2v) is 7.65. The number of piperidine rings is 1. The van der Waals surface area contributed by atoms with E-state index in [4.69, 9.17) is 0 Å². The second-order valence-electron chi connectivity index (χ2n) is 7.65. The molecule has 0 spiro atoms. The average molecular weight is 418 g/mol. The van der Waals surface area contributed by atoms with E-state index >= 15 is 0 Å². The molecule has 9 heteroatoms. The van der Waals surface area contributed by atoms with E-state index in [1.165, 1.54) is 18.5 Å². The number of halogens is 3. The first-order valence-corrected chi connectivity index (χ1v) is 9.80. The van der Waals surface area contributed by atoms with Gasteiger partial charge in [-0.2, -0.15) is 13.2 Å². The van der Waals surface area contributed by atoms with Crippen LogP contribution in [0.25, 0.3) is 0 Å². The molecule has 30 heavy (non-hydrogen) atoms. The Bertz CT molecular complexity index is 996. The van der Waals surface area contributed by atoms with Crippen LogP contribution in [-0.4, -0.2) is 46.2 Å². The zero-order valence-corrected chi connectivity index (χ0v) is 16.5. The van der Waals surface area contributed by atoms with Gasteiger partial charge in [0.25, 0.3) is 5.91 Å². The first kappa shape index (κ1) is 20.3. The van der Waals surface area contributed by atoms with Crippen molar-refractivity contribution in [3.8, 4) is 0 Å². The lowest BCUT2D eigenvalue weighted by atomic mass is 9.97. The largest absolute Gasteiger partial charge is 0.416 e. The van der Waals surface area contributed by atoms with Crippen LogP contribution in [0.15, 0.2) is 24.5 Å². The lowest BCUT2D eigenvalue weighted by Gasteiger charge is -2.32. The molecule has 1 aromatic carbocycles. The van der Waals surface area contributed by atoms with E-state index in [0.29, 0.717) is 55.8 Å². The minimum atomic E-state index is -4.39. The van der Waals surface area contributed by atoms with Crippen LogP contribution in [0.5, 0.6) is 0 Å². The monoisotopic (exact) mass is 418 g/mol. The molecule has 0 unspecified atom stereocenters. The number of hydrogen-bond acceptors (Lipinski definition) is 5. The molecule has 0 atom stereocenters. The molecule has 1 saturated heterocycles. The fourth-order valence-electron chi connectivity index (χ4n) is 4.00. The van der Waals surface area contributed by atoms with Gasteiger partial charge in [-0.05, 0) is 36.6 Å². The lowest BCUT2D eigenvalue weighted by Crippen LogP contribution is -2.39. The number of benzene rings is 1. The summed E-state index contributed by atoms with van der Waals surface area (Å²) in [6.45, 7) is 3.35. The summed E-state index contributed by atoms with van der Waals surface area (Å²) in [5, 5.41) is 0. The van der Waals surface area contributed by atoms with E-state index in [9.17, 15) is 22.8 Å². The molecule has 0 N–H and O–H groups in total. The van der Waals surface area contributed by atoms with E-state index in [2.05, 4.69) is 9.97 Å².